The van der Waals surface area contributed by atoms with Crippen LogP contribution < -0.4 is 30.9 Å². The SMILES string of the molecule is COc1cc(N2CCN(CCCSc3cccc4c3C(=O)N(C3CCC(=O)NC3=O)C4=O)CC2)ccc1Nc1ncc(Cl)c(Nc2ccccc2P(C)(C)=O)n1. The minimum atomic E-state index is -2.56. The minimum Gasteiger partial charge on any atom is -0.494 e. The van der Waals surface area contributed by atoms with Gasteiger partial charge in [-0.1, -0.05) is 29.8 Å². The molecule has 0 bridgehead atoms. The standard InChI is InChI=1S/C39H42ClN8O6PS/c1-54-30-22-24(12-13-27(30)43-39-41-23-26(40)35(45-39)42-28-9-4-5-10-31(28)55(2,3)53)47-19-17-46(18-20-47)16-7-21-56-32-11-6-8-25-34(32)38(52)48(37(25)51)29-14-15-33(49)44-36(29)50/h4-6,8-13,22-23,29H,7,14-21H2,1-3H3,(H,44,49,50)(H2,41,42,43,45). The molecule has 3 aromatic carbocycles. The normalized spacial score (nSPS) is 17.5. The number of imide groups is 2. The molecule has 17 heteroatoms. The summed E-state index contributed by atoms with van der Waals surface area (Å²) in [7, 11) is -0.942. The van der Waals surface area contributed by atoms with E-state index >= 15 is 0 Å². The molecule has 2 fully saturated rings. The summed E-state index contributed by atoms with van der Waals surface area (Å²) in [5, 5.41) is 9.73. The molecule has 1 aromatic heterocycles. The van der Waals surface area contributed by atoms with Gasteiger partial charge in [-0.05, 0) is 74.9 Å². The van der Waals surface area contributed by atoms with Crippen LogP contribution in [-0.2, 0) is 14.2 Å². The zero-order valence-corrected chi connectivity index (χ0v) is 33.7. The lowest BCUT2D eigenvalue weighted by Gasteiger charge is -2.36. The topological polar surface area (TPSA) is 166 Å². The summed E-state index contributed by atoms with van der Waals surface area (Å²) in [6, 6.07) is 17.6. The van der Waals surface area contributed by atoms with Crippen LogP contribution >= 0.6 is 30.5 Å². The molecule has 0 radical (unpaired) electrons. The quantitative estimate of drug-likeness (QED) is 0.0664. The molecule has 3 N–H and O–H groups in total. The van der Waals surface area contributed by atoms with Crippen LogP contribution in [0.15, 0.2) is 71.8 Å². The molecule has 0 aliphatic carbocycles. The van der Waals surface area contributed by atoms with E-state index in [0.29, 0.717) is 50.3 Å². The van der Waals surface area contributed by atoms with Crippen LogP contribution in [0.3, 0.4) is 0 Å². The molecule has 1 atom stereocenters. The molecule has 0 saturated carbocycles. The Bertz CT molecular complexity index is 2250. The Morgan fingerprint density at radius 1 is 0.964 bits per heavy atom. The van der Waals surface area contributed by atoms with Crippen LogP contribution in [0.2, 0.25) is 5.02 Å². The van der Waals surface area contributed by atoms with Crippen LogP contribution in [0.5, 0.6) is 5.75 Å². The summed E-state index contributed by atoms with van der Waals surface area (Å²) >= 11 is 7.99. The number of carbonyl (C=O) groups excluding carboxylic acids is 4. The Kier molecular flexibility index (Phi) is 11.7. The molecule has 4 heterocycles. The van der Waals surface area contributed by atoms with Crippen molar-refractivity contribution in [3.63, 3.8) is 0 Å². The van der Waals surface area contributed by atoms with E-state index in [1.165, 1.54) is 18.0 Å². The number of aromatic nitrogens is 2. The maximum atomic E-state index is 13.4. The predicted octanol–water partition coefficient (Wildman–Crippen LogP) is 5.58. The first-order valence-electron chi connectivity index (χ1n) is 18.2. The van der Waals surface area contributed by atoms with Gasteiger partial charge in [0.05, 0.1) is 35.8 Å². The number of nitrogens with one attached hydrogen (secondary N) is 3. The van der Waals surface area contributed by atoms with E-state index in [9.17, 15) is 23.7 Å². The van der Waals surface area contributed by atoms with Gasteiger partial charge in [-0.2, -0.15) is 4.98 Å². The minimum absolute atomic E-state index is 0.0841. The van der Waals surface area contributed by atoms with E-state index in [1.54, 1.807) is 32.6 Å². The van der Waals surface area contributed by atoms with Crippen molar-refractivity contribution in [2.75, 3.05) is 74.4 Å². The monoisotopic (exact) mass is 816 g/mol. The Morgan fingerprint density at radius 2 is 1.75 bits per heavy atom. The van der Waals surface area contributed by atoms with E-state index in [2.05, 4.69) is 35.7 Å². The molecular weight excluding hydrogens is 775 g/mol. The summed E-state index contributed by atoms with van der Waals surface area (Å²) < 4.78 is 18.6. The number of nitrogens with zero attached hydrogens (tertiary/aromatic N) is 5. The molecule has 4 amide bonds. The molecule has 3 aliphatic heterocycles. The van der Waals surface area contributed by atoms with Crippen molar-refractivity contribution in [2.24, 2.45) is 0 Å². The van der Waals surface area contributed by atoms with Crippen LogP contribution in [0.25, 0.3) is 0 Å². The first-order valence-corrected chi connectivity index (χ1v) is 22.2. The number of halogens is 1. The van der Waals surface area contributed by atoms with Gasteiger partial charge in [0.1, 0.15) is 24.0 Å². The average molecular weight is 817 g/mol. The number of para-hydroxylation sites is 1. The van der Waals surface area contributed by atoms with Crippen molar-refractivity contribution in [3.8, 4) is 5.75 Å². The van der Waals surface area contributed by atoms with E-state index in [1.807, 2.05) is 48.5 Å². The second kappa shape index (κ2) is 16.6. The number of anilines is 5. The molecule has 2 saturated heterocycles. The fraction of sp³-hybridized carbons (Fsp3) is 0.333. The second-order valence-electron chi connectivity index (χ2n) is 14.0. The van der Waals surface area contributed by atoms with Crippen molar-refractivity contribution >= 4 is 88.3 Å². The van der Waals surface area contributed by atoms with E-state index in [-0.39, 0.29) is 12.8 Å². The van der Waals surface area contributed by atoms with Crippen LogP contribution in [0, 0.1) is 0 Å². The lowest BCUT2D eigenvalue weighted by atomic mass is 10.0. The zero-order valence-electron chi connectivity index (χ0n) is 31.2. The number of methoxy groups -OCH3 is 1. The zero-order chi connectivity index (χ0) is 39.6. The highest BCUT2D eigenvalue weighted by Gasteiger charge is 2.45. The number of hydrogen-bond acceptors (Lipinski definition) is 13. The summed E-state index contributed by atoms with van der Waals surface area (Å²) in [6.45, 7) is 7.75. The molecule has 0 spiro atoms. The van der Waals surface area contributed by atoms with Gasteiger partial charge in [0, 0.05) is 54.6 Å². The highest BCUT2D eigenvalue weighted by molar-refractivity contribution is 7.99. The average Bonchev–Trinajstić information content (AvgIpc) is 3.44. The highest BCUT2D eigenvalue weighted by Crippen LogP contribution is 2.39. The number of hydrogen-bond donors (Lipinski definition) is 3. The van der Waals surface area contributed by atoms with Crippen molar-refractivity contribution in [1.82, 2.24) is 25.1 Å². The lowest BCUT2D eigenvalue weighted by Crippen LogP contribution is -2.54. The van der Waals surface area contributed by atoms with Crippen molar-refractivity contribution in [3.05, 3.63) is 83.0 Å². The third-order valence-electron chi connectivity index (χ3n) is 9.96. The fourth-order valence-electron chi connectivity index (χ4n) is 7.10. The second-order valence-corrected chi connectivity index (χ2v) is 18.8. The third-order valence-corrected chi connectivity index (χ3v) is 12.9. The van der Waals surface area contributed by atoms with Gasteiger partial charge in [0.2, 0.25) is 17.8 Å². The summed E-state index contributed by atoms with van der Waals surface area (Å²) in [4.78, 5) is 66.1. The number of piperidine rings is 1. The van der Waals surface area contributed by atoms with Gasteiger partial charge in [-0.3, -0.25) is 34.3 Å². The lowest BCUT2D eigenvalue weighted by molar-refractivity contribution is -0.136. The smallest absolute Gasteiger partial charge is 0.263 e. The number of fused-ring (bicyclic) bond motifs is 1. The van der Waals surface area contributed by atoms with E-state index < -0.39 is 36.8 Å². The summed E-state index contributed by atoms with van der Waals surface area (Å²) in [5.74, 6) is 0.0903. The largest absolute Gasteiger partial charge is 0.494 e. The highest BCUT2D eigenvalue weighted by atomic mass is 35.5. The Labute approximate surface area is 334 Å². The van der Waals surface area contributed by atoms with Crippen molar-refractivity contribution in [2.45, 2.75) is 30.2 Å². The van der Waals surface area contributed by atoms with E-state index in [0.717, 1.165) is 60.4 Å². The summed E-state index contributed by atoms with van der Waals surface area (Å²) in [6.07, 6.45) is 2.60. The van der Waals surface area contributed by atoms with Crippen LogP contribution in [0.1, 0.15) is 40.0 Å². The fourth-order valence-corrected chi connectivity index (χ4v) is 9.40. The first-order chi connectivity index (χ1) is 26.9. The number of amides is 4. The van der Waals surface area contributed by atoms with Crippen molar-refractivity contribution < 1.29 is 28.5 Å². The maximum Gasteiger partial charge on any atom is 0.263 e. The predicted molar refractivity (Wildman–Crippen MR) is 219 cm³/mol. The number of thioether (sulfide) groups is 1. The number of rotatable bonds is 13. The molecule has 7 rings (SSSR count). The first kappa shape index (κ1) is 39.3. The molecule has 14 nitrogen and oxygen atoms in total. The molecular formula is C39H42ClN8O6PS. The molecule has 292 valence electrons. The Hall–Kier alpha value is -4.95. The van der Waals surface area contributed by atoms with E-state index in [4.69, 9.17) is 16.3 Å². The van der Waals surface area contributed by atoms with Crippen molar-refractivity contribution in [1.29, 1.82) is 0 Å². The van der Waals surface area contributed by atoms with Gasteiger partial charge in [-0.15, -0.1) is 11.8 Å². The van der Waals surface area contributed by atoms with Crippen LogP contribution in [0.4, 0.5) is 28.8 Å². The third kappa shape index (κ3) is 8.41. The maximum absolute atomic E-state index is 13.4. The van der Waals surface area contributed by atoms with Crippen LogP contribution in [-0.4, -0.2) is 108 Å². The number of piperazine rings is 1. The number of ether oxygens (including phenoxy) is 1. The molecule has 3 aliphatic rings. The van der Waals surface area contributed by atoms with Gasteiger partial charge in [0.15, 0.2) is 5.82 Å². The number of carbonyl (C=O) groups is 4. The number of benzene rings is 3. The molecule has 56 heavy (non-hydrogen) atoms. The molecule has 4 aromatic rings. The Balaban J connectivity index is 0.913. The Morgan fingerprint density at radius 3 is 2.50 bits per heavy atom. The van der Waals surface area contributed by atoms with Gasteiger partial charge >= 0.3 is 0 Å². The molecule has 1 unspecified atom stereocenters. The van der Waals surface area contributed by atoms with Gasteiger partial charge in [0.25, 0.3) is 11.8 Å². The summed E-state index contributed by atoms with van der Waals surface area (Å²) in [5.41, 5.74) is 3.02. The van der Waals surface area contributed by atoms with Gasteiger partial charge < -0.3 is 24.8 Å². The van der Waals surface area contributed by atoms with Gasteiger partial charge in [-0.25, -0.2) is 4.98 Å².